The fraction of sp³-hybridized carbons (Fsp3) is 0.444. The first-order valence-corrected chi connectivity index (χ1v) is 11.8. The summed E-state index contributed by atoms with van der Waals surface area (Å²) in [6, 6.07) is 17.1. The van der Waals surface area contributed by atoms with Gasteiger partial charge in [0.05, 0.1) is 0 Å². The number of piperidine rings is 1. The number of hydrogen-bond donors (Lipinski definition) is 1. The zero-order chi connectivity index (χ0) is 21.5. The molecule has 4 nitrogen and oxygen atoms in total. The molecule has 31 heavy (non-hydrogen) atoms. The Morgan fingerprint density at radius 3 is 2.58 bits per heavy atom. The molecule has 4 heteroatoms. The van der Waals surface area contributed by atoms with Gasteiger partial charge in [-0.3, -0.25) is 4.79 Å². The Morgan fingerprint density at radius 1 is 0.968 bits per heavy atom. The van der Waals surface area contributed by atoms with Crippen LogP contribution >= 0.6 is 0 Å². The smallest absolute Gasteiger partial charge is 0.220 e. The number of fused-ring (bicyclic) bond motifs is 1. The van der Waals surface area contributed by atoms with Gasteiger partial charge in [-0.25, -0.2) is 0 Å². The lowest BCUT2D eigenvalue weighted by atomic mass is 10.1. The highest BCUT2D eigenvalue weighted by Gasteiger charge is 2.12. The summed E-state index contributed by atoms with van der Waals surface area (Å²) in [5, 5.41) is 4.38. The van der Waals surface area contributed by atoms with Gasteiger partial charge in [-0.05, 0) is 75.0 Å². The number of carbonyl (C=O) groups is 1. The minimum atomic E-state index is 0.161. The van der Waals surface area contributed by atoms with Crippen molar-refractivity contribution in [2.75, 3.05) is 26.2 Å². The number of hydrogen-bond acceptors (Lipinski definition) is 2. The molecule has 1 amide bonds. The molecule has 1 aliphatic heterocycles. The molecule has 0 bridgehead atoms. The lowest BCUT2D eigenvalue weighted by Crippen LogP contribution is -2.33. The van der Waals surface area contributed by atoms with E-state index in [1.54, 1.807) is 0 Å². The van der Waals surface area contributed by atoms with E-state index in [1.807, 2.05) is 0 Å². The van der Waals surface area contributed by atoms with E-state index in [9.17, 15) is 4.79 Å². The van der Waals surface area contributed by atoms with Crippen LogP contribution in [-0.2, 0) is 17.8 Å². The Labute approximate surface area is 186 Å². The van der Waals surface area contributed by atoms with Crippen LogP contribution in [0.1, 0.15) is 48.8 Å². The third kappa shape index (κ3) is 5.76. The van der Waals surface area contributed by atoms with Crippen molar-refractivity contribution in [3.8, 4) is 0 Å². The van der Waals surface area contributed by atoms with Gasteiger partial charge in [-0.1, -0.05) is 48.9 Å². The predicted octanol–water partition coefficient (Wildman–Crippen LogP) is 4.92. The second-order valence-electron chi connectivity index (χ2n) is 8.83. The first-order valence-electron chi connectivity index (χ1n) is 11.8. The maximum Gasteiger partial charge on any atom is 0.220 e. The van der Waals surface area contributed by atoms with Crippen LogP contribution in [0, 0.1) is 6.92 Å². The van der Waals surface area contributed by atoms with Gasteiger partial charge in [0.2, 0.25) is 5.91 Å². The second-order valence-corrected chi connectivity index (χ2v) is 8.83. The average molecular weight is 418 g/mol. The number of para-hydroxylation sites is 1. The van der Waals surface area contributed by atoms with Gasteiger partial charge in [0, 0.05) is 36.6 Å². The molecular weight excluding hydrogens is 382 g/mol. The Hall–Kier alpha value is -2.59. The molecule has 0 unspecified atom stereocenters. The fourth-order valence-electron chi connectivity index (χ4n) is 4.67. The zero-order valence-electron chi connectivity index (χ0n) is 18.8. The van der Waals surface area contributed by atoms with E-state index in [2.05, 4.69) is 76.4 Å². The number of nitrogens with one attached hydrogen (secondary N) is 1. The summed E-state index contributed by atoms with van der Waals surface area (Å²) in [5.74, 6) is 0.161. The van der Waals surface area contributed by atoms with Crippen molar-refractivity contribution >= 4 is 16.8 Å². The Morgan fingerprint density at radius 2 is 1.74 bits per heavy atom. The van der Waals surface area contributed by atoms with Crippen LogP contribution in [0.3, 0.4) is 0 Å². The quantitative estimate of drug-likeness (QED) is 0.502. The molecular formula is C27H35N3O. The van der Waals surface area contributed by atoms with Crippen molar-refractivity contribution < 1.29 is 4.79 Å². The molecule has 0 radical (unpaired) electrons. The van der Waals surface area contributed by atoms with Crippen LogP contribution in [0.5, 0.6) is 0 Å². The molecule has 3 aromatic rings. The highest BCUT2D eigenvalue weighted by Crippen LogP contribution is 2.24. The van der Waals surface area contributed by atoms with Gasteiger partial charge >= 0.3 is 0 Å². The summed E-state index contributed by atoms with van der Waals surface area (Å²) in [6.45, 7) is 7.35. The van der Waals surface area contributed by atoms with Crippen LogP contribution in [0.25, 0.3) is 10.9 Å². The first kappa shape index (κ1) is 21.6. The number of amides is 1. The minimum absolute atomic E-state index is 0.161. The number of aromatic nitrogens is 1. The molecule has 2 aromatic carbocycles. The van der Waals surface area contributed by atoms with Crippen LogP contribution in [0.4, 0.5) is 0 Å². The minimum Gasteiger partial charge on any atom is -0.356 e. The van der Waals surface area contributed by atoms with Gasteiger partial charge in [0.25, 0.3) is 0 Å². The number of benzene rings is 2. The standard InChI is InChI=1S/C27H35N3O/c1-22-10-3-4-11-23(22)20-30-21-24(25-12-5-6-13-26(25)30)14-15-27(31)28-16-9-19-29-17-7-2-8-18-29/h3-6,10-13,21H,2,7-9,14-20H2,1H3,(H,28,31). The summed E-state index contributed by atoms with van der Waals surface area (Å²) >= 11 is 0. The van der Waals surface area contributed by atoms with Gasteiger partial charge in [-0.2, -0.15) is 0 Å². The van der Waals surface area contributed by atoms with Gasteiger partial charge in [0.15, 0.2) is 0 Å². The molecule has 0 spiro atoms. The largest absolute Gasteiger partial charge is 0.356 e. The van der Waals surface area contributed by atoms with Gasteiger partial charge in [-0.15, -0.1) is 0 Å². The highest BCUT2D eigenvalue weighted by molar-refractivity contribution is 5.85. The van der Waals surface area contributed by atoms with Crippen LogP contribution in [-0.4, -0.2) is 41.6 Å². The molecule has 1 aliphatic rings. The molecule has 0 saturated carbocycles. The molecule has 0 aliphatic carbocycles. The monoisotopic (exact) mass is 417 g/mol. The van der Waals surface area contributed by atoms with Crippen molar-refractivity contribution in [1.82, 2.24) is 14.8 Å². The van der Waals surface area contributed by atoms with Crippen molar-refractivity contribution in [3.05, 3.63) is 71.4 Å². The number of rotatable bonds is 9. The molecule has 4 rings (SSSR count). The van der Waals surface area contributed by atoms with Gasteiger partial charge < -0.3 is 14.8 Å². The fourth-order valence-corrected chi connectivity index (χ4v) is 4.67. The number of aryl methyl sites for hydroxylation is 2. The van der Waals surface area contributed by atoms with Crippen molar-refractivity contribution in [2.45, 2.75) is 52.0 Å². The first-order chi connectivity index (χ1) is 15.2. The molecule has 0 atom stereocenters. The summed E-state index contributed by atoms with van der Waals surface area (Å²) in [4.78, 5) is 14.9. The Bertz CT molecular complexity index is 1000. The summed E-state index contributed by atoms with van der Waals surface area (Å²) < 4.78 is 2.32. The Balaban J connectivity index is 1.32. The third-order valence-corrected chi connectivity index (χ3v) is 6.52. The number of nitrogens with zero attached hydrogens (tertiary/aromatic N) is 2. The van der Waals surface area contributed by atoms with Crippen molar-refractivity contribution in [3.63, 3.8) is 0 Å². The molecule has 2 heterocycles. The van der Waals surface area contributed by atoms with E-state index >= 15 is 0 Å². The van der Waals surface area contributed by atoms with E-state index in [0.29, 0.717) is 6.42 Å². The molecule has 1 fully saturated rings. The van der Waals surface area contributed by atoms with Gasteiger partial charge in [0.1, 0.15) is 0 Å². The zero-order valence-corrected chi connectivity index (χ0v) is 18.8. The normalized spacial score (nSPS) is 14.7. The molecule has 1 aromatic heterocycles. The lowest BCUT2D eigenvalue weighted by molar-refractivity contribution is -0.121. The second kappa shape index (κ2) is 10.6. The van der Waals surface area contributed by atoms with Crippen LogP contribution in [0.2, 0.25) is 0 Å². The highest BCUT2D eigenvalue weighted by atomic mass is 16.1. The average Bonchev–Trinajstić information content (AvgIpc) is 3.15. The third-order valence-electron chi connectivity index (χ3n) is 6.52. The van der Waals surface area contributed by atoms with Crippen molar-refractivity contribution in [2.24, 2.45) is 0 Å². The van der Waals surface area contributed by atoms with E-state index < -0.39 is 0 Å². The number of likely N-dealkylation sites (tertiary alicyclic amines) is 1. The molecule has 1 saturated heterocycles. The van der Waals surface area contributed by atoms with E-state index in [4.69, 9.17) is 0 Å². The maximum absolute atomic E-state index is 12.4. The van der Waals surface area contributed by atoms with Crippen LogP contribution in [0.15, 0.2) is 54.7 Å². The summed E-state index contributed by atoms with van der Waals surface area (Å²) in [5.41, 5.74) is 5.14. The van der Waals surface area contributed by atoms with Crippen LogP contribution < -0.4 is 5.32 Å². The lowest BCUT2D eigenvalue weighted by Gasteiger charge is -2.26. The maximum atomic E-state index is 12.4. The molecule has 164 valence electrons. The Kier molecular flexibility index (Phi) is 7.42. The van der Waals surface area contributed by atoms with E-state index in [1.165, 1.54) is 59.9 Å². The topological polar surface area (TPSA) is 37.3 Å². The SMILES string of the molecule is Cc1ccccc1Cn1cc(CCC(=O)NCCCN2CCCCC2)c2ccccc21. The number of carbonyl (C=O) groups excluding carboxylic acids is 1. The molecule has 1 N–H and O–H groups in total. The van der Waals surface area contributed by atoms with E-state index in [0.717, 1.165) is 32.5 Å². The van der Waals surface area contributed by atoms with Crippen molar-refractivity contribution in [1.29, 1.82) is 0 Å². The summed E-state index contributed by atoms with van der Waals surface area (Å²) in [7, 11) is 0. The van der Waals surface area contributed by atoms with E-state index in [-0.39, 0.29) is 5.91 Å². The summed E-state index contributed by atoms with van der Waals surface area (Å²) in [6.07, 6.45) is 8.62. The predicted molar refractivity (Wildman–Crippen MR) is 128 cm³/mol.